The summed E-state index contributed by atoms with van der Waals surface area (Å²) in [4.78, 5) is 0.0833. The molecule has 0 aliphatic rings. The van der Waals surface area contributed by atoms with E-state index >= 15 is 0 Å². The van der Waals surface area contributed by atoms with Crippen LogP contribution in [0.2, 0.25) is 0 Å². The van der Waals surface area contributed by atoms with Crippen molar-refractivity contribution in [1.82, 2.24) is 14.5 Å². The molecule has 0 bridgehead atoms. The summed E-state index contributed by atoms with van der Waals surface area (Å²) in [6.45, 7) is 1.95. The Morgan fingerprint density at radius 2 is 2.05 bits per heavy atom. The Labute approximate surface area is 132 Å². The van der Waals surface area contributed by atoms with Gasteiger partial charge in [-0.1, -0.05) is 28.1 Å². The lowest BCUT2D eigenvalue weighted by atomic mass is 10.1. The molecule has 21 heavy (non-hydrogen) atoms. The molecule has 6 nitrogen and oxygen atoms in total. The van der Waals surface area contributed by atoms with Crippen molar-refractivity contribution >= 4 is 26.0 Å². The summed E-state index contributed by atoms with van der Waals surface area (Å²) < 4.78 is 29.5. The first-order valence-electron chi connectivity index (χ1n) is 6.33. The molecule has 0 amide bonds. The molecule has 0 aliphatic carbocycles. The van der Waals surface area contributed by atoms with Gasteiger partial charge >= 0.3 is 0 Å². The van der Waals surface area contributed by atoms with Crippen LogP contribution in [0.25, 0.3) is 0 Å². The standard InChI is InChI=1S/C13H16BrN3O3S/c1-10(11-2-4-12(14)5-3-11)16-21(19,20)13-8-15-17(9-13)6-7-18/h2-5,8-10,16,18H,6-7H2,1H3. The highest BCUT2D eigenvalue weighted by Gasteiger charge is 2.20. The van der Waals surface area contributed by atoms with Crippen LogP contribution < -0.4 is 4.72 Å². The summed E-state index contributed by atoms with van der Waals surface area (Å²) in [6.07, 6.45) is 2.67. The molecule has 2 aromatic rings. The molecule has 1 aromatic carbocycles. The van der Waals surface area contributed by atoms with E-state index in [0.717, 1.165) is 10.0 Å². The van der Waals surface area contributed by atoms with Crippen LogP contribution in [-0.2, 0) is 16.6 Å². The van der Waals surface area contributed by atoms with Gasteiger partial charge in [-0.3, -0.25) is 4.68 Å². The van der Waals surface area contributed by atoms with Crippen LogP contribution in [0.15, 0.2) is 46.0 Å². The number of hydrogen-bond donors (Lipinski definition) is 2. The lowest BCUT2D eigenvalue weighted by Gasteiger charge is -2.13. The first-order valence-corrected chi connectivity index (χ1v) is 8.61. The second-order valence-electron chi connectivity index (χ2n) is 4.56. The molecule has 2 N–H and O–H groups in total. The molecule has 1 atom stereocenters. The molecule has 1 heterocycles. The van der Waals surface area contributed by atoms with Gasteiger partial charge in [0.15, 0.2) is 0 Å². The third kappa shape index (κ3) is 4.13. The summed E-state index contributed by atoms with van der Waals surface area (Å²) in [5, 5.41) is 12.7. The van der Waals surface area contributed by atoms with Gasteiger partial charge in [-0.2, -0.15) is 5.10 Å². The largest absolute Gasteiger partial charge is 0.394 e. The number of aliphatic hydroxyl groups excluding tert-OH is 1. The minimum absolute atomic E-state index is 0.0833. The average molecular weight is 374 g/mol. The third-order valence-corrected chi connectivity index (χ3v) is 4.97. The van der Waals surface area contributed by atoms with Crippen LogP contribution >= 0.6 is 15.9 Å². The molecule has 2 rings (SSSR count). The maximum absolute atomic E-state index is 12.3. The summed E-state index contributed by atoms with van der Waals surface area (Å²) in [5.41, 5.74) is 0.865. The zero-order valence-corrected chi connectivity index (χ0v) is 13.8. The molecule has 0 aliphatic heterocycles. The first-order chi connectivity index (χ1) is 9.92. The van der Waals surface area contributed by atoms with Crippen LogP contribution in [-0.4, -0.2) is 29.9 Å². The van der Waals surface area contributed by atoms with Gasteiger partial charge in [0, 0.05) is 16.7 Å². The second kappa shape index (κ2) is 6.69. The van der Waals surface area contributed by atoms with Gasteiger partial charge in [0.05, 0.1) is 19.3 Å². The smallest absolute Gasteiger partial charge is 0.244 e. The molecule has 0 spiro atoms. The van der Waals surface area contributed by atoms with Crippen molar-refractivity contribution in [1.29, 1.82) is 0 Å². The van der Waals surface area contributed by atoms with E-state index in [1.165, 1.54) is 17.1 Å². The number of nitrogens with one attached hydrogen (secondary N) is 1. The lowest BCUT2D eigenvalue weighted by Crippen LogP contribution is -2.26. The van der Waals surface area contributed by atoms with Crippen molar-refractivity contribution in [2.75, 3.05) is 6.61 Å². The van der Waals surface area contributed by atoms with Gasteiger partial charge in [-0.05, 0) is 24.6 Å². The van der Waals surface area contributed by atoms with Gasteiger partial charge in [0.1, 0.15) is 4.90 Å². The number of benzene rings is 1. The molecule has 114 valence electrons. The monoisotopic (exact) mass is 373 g/mol. The van der Waals surface area contributed by atoms with E-state index in [0.29, 0.717) is 0 Å². The van der Waals surface area contributed by atoms with E-state index in [1.54, 1.807) is 6.92 Å². The van der Waals surface area contributed by atoms with Crippen LogP contribution in [0, 0.1) is 0 Å². The molecule has 0 saturated heterocycles. The van der Waals surface area contributed by atoms with Crippen LogP contribution in [0.4, 0.5) is 0 Å². The van der Waals surface area contributed by atoms with Crippen LogP contribution in [0.1, 0.15) is 18.5 Å². The highest BCUT2D eigenvalue weighted by atomic mass is 79.9. The zero-order chi connectivity index (χ0) is 15.5. The Bertz CT molecular complexity index is 698. The number of hydrogen-bond acceptors (Lipinski definition) is 4. The Morgan fingerprint density at radius 3 is 2.67 bits per heavy atom. The number of nitrogens with zero attached hydrogens (tertiary/aromatic N) is 2. The van der Waals surface area contributed by atoms with Crippen molar-refractivity contribution in [3.8, 4) is 0 Å². The minimum Gasteiger partial charge on any atom is -0.394 e. The molecule has 0 radical (unpaired) electrons. The van der Waals surface area contributed by atoms with E-state index in [2.05, 4.69) is 25.8 Å². The highest BCUT2D eigenvalue weighted by Crippen LogP contribution is 2.19. The predicted molar refractivity (Wildman–Crippen MR) is 82.2 cm³/mol. The number of rotatable bonds is 6. The Morgan fingerprint density at radius 1 is 1.38 bits per heavy atom. The summed E-state index contributed by atoms with van der Waals surface area (Å²) >= 11 is 3.34. The maximum atomic E-state index is 12.3. The molecule has 1 unspecified atom stereocenters. The summed E-state index contributed by atoms with van der Waals surface area (Å²) in [5.74, 6) is 0. The topological polar surface area (TPSA) is 84.2 Å². The van der Waals surface area contributed by atoms with E-state index in [4.69, 9.17) is 5.11 Å². The predicted octanol–water partition coefficient (Wildman–Crippen LogP) is 1.68. The Kier molecular flexibility index (Phi) is 5.15. The van der Waals surface area contributed by atoms with E-state index in [1.807, 2.05) is 24.3 Å². The normalized spacial score (nSPS) is 13.3. The SMILES string of the molecule is CC(NS(=O)(=O)c1cnn(CCO)c1)c1ccc(Br)cc1. The zero-order valence-electron chi connectivity index (χ0n) is 11.4. The van der Waals surface area contributed by atoms with Gasteiger partial charge in [0.25, 0.3) is 0 Å². The molecular weight excluding hydrogens is 358 g/mol. The van der Waals surface area contributed by atoms with Crippen molar-refractivity contribution in [2.24, 2.45) is 0 Å². The average Bonchev–Trinajstić information content (AvgIpc) is 2.89. The van der Waals surface area contributed by atoms with E-state index in [9.17, 15) is 8.42 Å². The fourth-order valence-corrected chi connectivity index (χ4v) is 3.28. The molecule has 0 fully saturated rings. The summed E-state index contributed by atoms with van der Waals surface area (Å²) in [7, 11) is -3.64. The van der Waals surface area contributed by atoms with Crippen molar-refractivity contribution in [3.63, 3.8) is 0 Å². The van der Waals surface area contributed by atoms with E-state index < -0.39 is 10.0 Å². The molecule has 1 aromatic heterocycles. The van der Waals surface area contributed by atoms with Gasteiger partial charge in [-0.15, -0.1) is 0 Å². The maximum Gasteiger partial charge on any atom is 0.244 e. The fraction of sp³-hybridized carbons (Fsp3) is 0.308. The quantitative estimate of drug-likeness (QED) is 0.806. The summed E-state index contributed by atoms with van der Waals surface area (Å²) in [6, 6.07) is 7.07. The molecular formula is C13H16BrN3O3S. The highest BCUT2D eigenvalue weighted by molar-refractivity contribution is 9.10. The third-order valence-electron chi connectivity index (χ3n) is 2.95. The number of aliphatic hydroxyl groups is 1. The van der Waals surface area contributed by atoms with Crippen molar-refractivity contribution in [3.05, 3.63) is 46.7 Å². The van der Waals surface area contributed by atoms with Crippen LogP contribution in [0.5, 0.6) is 0 Å². The van der Waals surface area contributed by atoms with E-state index in [-0.39, 0.29) is 24.1 Å². The van der Waals surface area contributed by atoms with Gasteiger partial charge in [-0.25, -0.2) is 13.1 Å². The van der Waals surface area contributed by atoms with Crippen molar-refractivity contribution < 1.29 is 13.5 Å². The fourth-order valence-electron chi connectivity index (χ4n) is 1.83. The molecule has 0 saturated carbocycles. The first kappa shape index (κ1) is 16.2. The van der Waals surface area contributed by atoms with Crippen molar-refractivity contribution in [2.45, 2.75) is 24.4 Å². The van der Waals surface area contributed by atoms with Gasteiger partial charge < -0.3 is 5.11 Å². The molecule has 8 heteroatoms. The van der Waals surface area contributed by atoms with Gasteiger partial charge in [0.2, 0.25) is 10.0 Å². The number of aromatic nitrogens is 2. The van der Waals surface area contributed by atoms with Crippen LogP contribution in [0.3, 0.4) is 0 Å². The minimum atomic E-state index is -3.64. The lowest BCUT2D eigenvalue weighted by molar-refractivity contribution is 0.269. The second-order valence-corrected chi connectivity index (χ2v) is 7.19. The Balaban J connectivity index is 2.14. The Hall–Kier alpha value is -1.22. The number of sulfonamides is 1. The number of halogens is 1.